The fourth-order valence-electron chi connectivity index (χ4n) is 1.80. The lowest BCUT2D eigenvalue weighted by Crippen LogP contribution is -2.12. The van der Waals surface area contributed by atoms with E-state index in [9.17, 15) is 0 Å². The van der Waals surface area contributed by atoms with E-state index in [0.717, 1.165) is 4.88 Å². The predicted molar refractivity (Wildman–Crippen MR) is 91.2 cm³/mol. The molecule has 0 bridgehead atoms. The molecule has 0 saturated heterocycles. The first-order chi connectivity index (χ1) is 10.8. The van der Waals surface area contributed by atoms with E-state index in [0.29, 0.717) is 34.1 Å². The van der Waals surface area contributed by atoms with Crippen molar-refractivity contribution in [1.29, 1.82) is 0 Å². The third-order valence-electron chi connectivity index (χ3n) is 2.81. The summed E-state index contributed by atoms with van der Waals surface area (Å²) in [4.78, 5) is 0.995. The van der Waals surface area contributed by atoms with Gasteiger partial charge in [0.15, 0.2) is 5.82 Å². The van der Waals surface area contributed by atoms with Crippen LogP contribution in [0.1, 0.15) is 0 Å². The van der Waals surface area contributed by atoms with E-state index in [-0.39, 0.29) is 0 Å². The first-order valence-corrected chi connectivity index (χ1v) is 8.74. The van der Waals surface area contributed by atoms with Crippen LogP contribution in [0.2, 0.25) is 5.02 Å². The number of nitrogen functional groups attached to an aromatic ring is 1. The molecule has 0 fully saturated rings. The quantitative estimate of drug-likeness (QED) is 0.417. The van der Waals surface area contributed by atoms with Crippen LogP contribution in [0.4, 0.5) is 0 Å². The summed E-state index contributed by atoms with van der Waals surface area (Å²) in [5.74, 6) is 8.08. The Morgan fingerprint density at radius 3 is 2.86 bits per heavy atom. The highest BCUT2D eigenvalue weighted by Gasteiger charge is 2.12. The molecule has 114 valence electrons. The average Bonchev–Trinajstić information content (AvgIpc) is 3.15. The number of thiophene rings is 1. The SMILES string of the molecule is Nn1c(SCCOc2ccccc2Cl)nnc1-c1cccs1. The van der Waals surface area contributed by atoms with Gasteiger partial charge in [0.2, 0.25) is 5.16 Å². The molecule has 0 saturated carbocycles. The maximum Gasteiger partial charge on any atom is 0.210 e. The number of nitrogens with zero attached hydrogens (tertiary/aromatic N) is 3. The fraction of sp³-hybridized carbons (Fsp3) is 0.143. The third kappa shape index (κ3) is 3.37. The molecule has 2 aromatic heterocycles. The molecule has 0 aliphatic rings. The van der Waals surface area contributed by atoms with Crippen molar-refractivity contribution in [3.8, 4) is 16.5 Å². The van der Waals surface area contributed by atoms with E-state index in [1.54, 1.807) is 17.4 Å². The Hall–Kier alpha value is -1.70. The Kier molecular flexibility index (Phi) is 4.87. The number of halogens is 1. The van der Waals surface area contributed by atoms with Gasteiger partial charge >= 0.3 is 0 Å². The maximum atomic E-state index is 6.03. The second-order valence-electron chi connectivity index (χ2n) is 4.28. The van der Waals surface area contributed by atoms with Crippen molar-refractivity contribution in [3.05, 3.63) is 46.8 Å². The van der Waals surface area contributed by atoms with Gasteiger partial charge in [-0.3, -0.25) is 0 Å². The van der Waals surface area contributed by atoms with E-state index in [4.69, 9.17) is 22.2 Å². The van der Waals surface area contributed by atoms with Gasteiger partial charge in [-0.05, 0) is 23.6 Å². The number of benzene rings is 1. The molecule has 2 N–H and O–H groups in total. The number of ether oxygens (including phenoxy) is 1. The third-order valence-corrected chi connectivity index (χ3v) is 4.90. The zero-order valence-corrected chi connectivity index (χ0v) is 13.9. The number of hydrogen-bond acceptors (Lipinski definition) is 6. The van der Waals surface area contributed by atoms with E-state index in [1.165, 1.54) is 16.4 Å². The highest BCUT2D eigenvalue weighted by Crippen LogP contribution is 2.26. The Labute approximate surface area is 141 Å². The lowest BCUT2D eigenvalue weighted by atomic mass is 10.3. The molecule has 2 heterocycles. The van der Waals surface area contributed by atoms with Crippen LogP contribution in [-0.4, -0.2) is 27.2 Å². The van der Waals surface area contributed by atoms with E-state index < -0.39 is 0 Å². The van der Waals surface area contributed by atoms with Gasteiger partial charge < -0.3 is 10.6 Å². The highest BCUT2D eigenvalue weighted by atomic mass is 35.5. The van der Waals surface area contributed by atoms with Gasteiger partial charge in [0.1, 0.15) is 5.75 Å². The lowest BCUT2D eigenvalue weighted by Gasteiger charge is -2.07. The van der Waals surface area contributed by atoms with Crippen molar-refractivity contribution in [1.82, 2.24) is 14.9 Å². The fourth-order valence-corrected chi connectivity index (χ4v) is 3.36. The monoisotopic (exact) mass is 352 g/mol. The van der Waals surface area contributed by atoms with Crippen LogP contribution >= 0.6 is 34.7 Å². The lowest BCUT2D eigenvalue weighted by molar-refractivity contribution is 0.344. The Morgan fingerprint density at radius 1 is 1.23 bits per heavy atom. The molecule has 1 aromatic carbocycles. The van der Waals surface area contributed by atoms with Gasteiger partial charge in [0.25, 0.3) is 0 Å². The average molecular weight is 353 g/mol. The molecule has 0 amide bonds. The second kappa shape index (κ2) is 7.04. The van der Waals surface area contributed by atoms with E-state index >= 15 is 0 Å². The summed E-state index contributed by atoms with van der Waals surface area (Å²) in [6, 6.07) is 11.3. The molecule has 0 unspecified atom stereocenters. The van der Waals surface area contributed by atoms with Gasteiger partial charge in [-0.25, -0.2) is 4.68 Å². The number of hydrogen-bond donors (Lipinski definition) is 1. The molecule has 5 nitrogen and oxygen atoms in total. The summed E-state index contributed by atoms with van der Waals surface area (Å²) in [6.45, 7) is 0.510. The maximum absolute atomic E-state index is 6.03. The van der Waals surface area contributed by atoms with Crippen LogP contribution in [0, 0.1) is 0 Å². The minimum Gasteiger partial charge on any atom is -0.491 e. The summed E-state index contributed by atoms with van der Waals surface area (Å²) >= 11 is 9.10. The molecule has 0 spiro atoms. The Balaban J connectivity index is 1.55. The van der Waals surface area contributed by atoms with Crippen molar-refractivity contribution in [2.24, 2.45) is 0 Å². The molecule has 0 atom stereocenters. The molecular formula is C14H13ClN4OS2. The first-order valence-electron chi connectivity index (χ1n) is 6.50. The molecule has 22 heavy (non-hydrogen) atoms. The number of aromatic nitrogens is 3. The molecule has 0 radical (unpaired) electrons. The summed E-state index contributed by atoms with van der Waals surface area (Å²) in [6.07, 6.45) is 0. The second-order valence-corrected chi connectivity index (χ2v) is 6.70. The highest BCUT2D eigenvalue weighted by molar-refractivity contribution is 7.99. The van der Waals surface area contributed by atoms with Crippen LogP contribution in [0.5, 0.6) is 5.75 Å². The van der Waals surface area contributed by atoms with Crippen molar-refractivity contribution in [3.63, 3.8) is 0 Å². The number of thioether (sulfide) groups is 1. The van der Waals surface area contributed by atoms with Gasteiger partial charge in [0.05, 0.1) is 16.5 Å². The summed E-state index contributed by atoms with van der Waals surface area (Å²) in [5.41, 5.74) is 0. The molecule has 0 aliphatic carbocycles. The summed E-state index contributed by atoms with van der Waals surface area (Å²) < 4.78 is 7.13. The smallest absolute Gasteiger partial charge is 0.210 e. The van der Waals surface area contributed by atoms with Crippen LogP contribution < -0.4 is 10.6 Å². The topological polar surface area (TPSA) is 66.0 Å². The summed E-state index contributed by atoms with van der Waals surface area (Å²) in [5, 5.41) is 11.5. The zero-order valence-electron chi connectivity index (χ0n) is 11.5. The van der Waals surface area contributed by atoms with Crippen LogP contribution in [0.3, 0.4) is 0 Å². The molecule has 0 aliphatic heterocycles. The number of nitrogens with two attached hydrogens (primary N) is 1. The standard InChI is InChI=1S/C14H13ClN4OS2/c15-10-4-1-2-5-11(10)20-7-9-22-14-18-17-13(19(14)16)12-6-3-8-21-12/h1-6,8H,7,9,16H2. The molecule has 3 aromatic rings. The largest absolute Gasteiger partial charge is 0.491 e. The number of rotatable bonds is 6. The molecular weight excluding hydrogens is 340 g/mol. The van der Waals surface area contributed by atoms with Gasteiger partial charge in [-0.15, -0.1) is 21.5 Å². The minimum absolute atomic E-state index is 0.510. The van der Waals surface area contributed by atoms with Crippen molar-refractivity contribution in [2.45, 2.75) is 5.16 Å². The van der Waals surface area contributed by atoms with Gasteiger partial charge in [-0.2, -0.15) is 0 Å². The zero-order chi connectivity index (χ0) is 15.4. The van der Waals surface area contributed by atoms with Crippen LogP contribution in [0.15, 0.2) is 46.9 Å². The van der Waals surface area contributed by atoms with Crippen LogP contribution in [-0.2, 0) is 0 Å². The summed E-state index contributed by atoms with van der Waals surface area (Å²) in [7, 11) is 0. The first kappa shape index (κ1) is 15.2. The predicted octanol–water partition coefficient (Wildman–Crippen LogP) is 3.54. The van der Waals surface area contributed by atoms with Crippen molar-refractivity contribution >= 4 is 34.7 Å². The minimum atomic E-state index is 0.510. The molecule has 8 heteroatoms. The van der Waals surface area contributed by atoms with E-state index in [2.05, 4.69) is 10.2 Å². The Bertz CT molecular complexity index is 745. The van der Waals surface area contributed by atoms with Crippen molar-refractivity contribution < 1.29 is 4.74 Å². The van der Waals surface area contributed by atoms with E-state index in [1.807, 2.05) is 35.7 Å². The van der Waals surface area contributed by atoms with Gasteiger partial charge in [0, 0.05) is 5.75 Å². The molecule has 3 rings (SSSR count). The normalized spacial score (nSPS) is 10.8. The Morgan fingerprint density at radius 2 is 2.09 bits per heavy atom. The van der Waals surface area contributed by atoms with Gasteiger partial charge in [-0.1, -0.05) is 41.6 Å². The van der Waals surface area contributed by atoms with Crippen LogP contribution in [0.25, 0.3) is 10.7 Å². The van der Waals surface area contributed by atoms with Crippen molar-refractivity contribution in [2.75, 3.05) is 18.2 Å². The number of para-hydroxylation sites is 1.